The first kappa shape index (κ1) is 12.9. The van der Waals surface area contributed by atoms with Gasteiger partial charge in [-0.2, -0.15) is 0 Å². The molecule has 0 heterocycles. The van der Waals surface area contributed by atoms with Gasteiger partial charge in [0.05, 0.1) is 6.61 Å². The molecular weight excluding hydrogens is 234 g/mol. The van der Waals surface area contributed by atoms with Crippen LogP contribution in [0.4, 0.5) is 0 Å². The lowest BCUT2D eigenvalue weighted by atomic mass is 10.0. The van der Waals surface area contributed by atoms with Gasteiger partial charge in [0.15, 0.2) is 0 Å². The van der Waals surface area contributed by atoms with E-state index in [4.69, 9.17) is 16.3 Å². The average molecular weight is 254 g/mol. The lowest BCUT2D eigenvalue weighted by Crippen LogP contribution is -2.19. The lowest BCUT2D eigenvalue weighted by Gasteiger charge is -2.10. The summed E-state index contributed by atoms with van der Waals surface area (Å²) in [6, 6.07) is 6.94. The van der Waals surface area contributed by atoms with Crippen LogP contribution in [0.1, 0.15) is 24.0 Å². The van der Waals surface area contributed by atoms with E-state index in [1.807, 2.05) is 6.07 Å². The van der Waals surface area contributed by atoms with Gasteiger partial charge in [0, 0.05) is 18.2 Å². The minimum absolute atomic E-state index is 0.769. The van der Waals surface area contributed by atoms with Gasteiger partial charge in [-0.15, -0.1) is 0 Å². The molecular formula is C14H20ClNO. The van der Waals surface area contributed by atoms with Crippen LogP contribution in [0.25, 0.3) is 0 Å². The van der Waals surface area contributed by atoms with Crippen molar-refractivity contribution in [3.63, 3.8) is 0 Å². The zero-order valence-electron chi connectivity index (χ0n) is 10.3. The van der Waals surface area contributed by atoms with E-state index in [-0.39, 0.29) is 0 Å². The molecule has 0 aromatic heterocycles. The van der Waals surface area contributed by atoms with Crippen molar-refractivity contribution < 1.29 is 4.74 Å². The van der Waals surface area contributed by atoms with E-state index >= 15 is 0 Å². The molecule has 94 valence electrons. The van der Waals surface area contributed by atoms with Crippen LogP contribution < -0.4 is 5.32 Å². The quantitative estimate of drug-likeness (QED) is 0.807. The van der Waals surface area contributed by atoms with Crippen molar-refractivity contribution in [3.8, 4) is 0 Å². The summed E-state index contributed by atoms with van der Waals surface area (Å²) in [5, 5.41) is 4.36. The molecule has 0 radical (unpaired) electrons. The van der Waals surface area contributed by atoms with Gasteiger partial charge in [-0.3, -0.25) is 0 Å². The molecule has 1 fully saturated rings. The molecule has 1 aliphatic carbocycles. The maximum atomic E-state index is 6.05. The fourth-order valence-corrected chi connectivity index (χ4v) is 2.18. The molecule has 17 heavy (non-hydrogen) atoms. The second-order valence-electron chi connectivity index (χ2n) is 4.63. The Morgan fingerprint density at radius 1 is 1.29 bits per heavy atom. The maximum Gasteiger partial charge on any atom is 0.0502 e. The number of rotatable bonds is 7. The first-order valence-electron chi connectivity index (χ1n) is 6.29. The Kier molecular flexibility index (Phi) is 4.84. The van der Waals surface area contributed by atoms with Crippen LogP contribution in [0.2, 0.25) is 5.02 Å². The Labute approximate surface area is 108 Å². The van der Waals surface area contributed by atoms with Crippen LogP contribution in [-0.4, -0.2) is 26.3 Å². The molecule has 3 heteroatoms. The Morgan fingerprint density at radius 3 is 2.82 bits per heavy atom. The predicted molar refractivity (Wildman–Crippen MR) is 71.8 cm³/mol. The van der Waals surface area contributed by atoms with E-state index in [0.29, 0.717) is 0 Å². The van der Waals surface area contributed by atoms with Crippen LogP contribution in [0.15, 0.2) is 18.2 Å². The Hall–Kier alpha value is -0.570. The Bertz CT molecular complexity index is 363. The van der Waals surface area contributed by atoms with Crippen molar-refractivity contribution in [1.82, 2.24) is 5.32 Å². The zero-order valence-corrected chi connectivity index (χ0v) is 11.1. The molecule has 0 unspecified atom stereocenters. The van der Waals surface area contributed by atoms with E-state index in [9.17, 15) is 0 Å². The number of benzene rings is 1. The molecule has 1 aromatic carbocycles. The molecule has 1 aliphatic rings. The van der Waals surface area contributed by atoms with Gasteiger partial charge in [-0.1, -0.05) is 17.7 Å². The third-order valence-corrected chi connectivity index (χ3v) is 3.38. The van der Waals surface area contributed by atoms with Crippen LogP contribution >= 0.6 is 11.6 Å². The summed E-state index contributed by atoms with van der Waals surface area (Å²) >= 11 is 6.05. The Balaban J connectivity index is 1.92. The third-order valence-electron chi connectivity index (χ3n) is 3.15. The van der Waals surface area contributed by atoms with Crippen molar-refractivity contribution in [1.29, 1.82) is 0 Å². The van der Waals surface area contributed by atoms with Crippen LogP contribution in [0, 0.1) is 0 Å². The monoisotopic (exact) mass is 253 g/mol. The Morgan fingerprint density at radius 2 is 2.12 bits per heavy atom. The van der Waals surface area contributed by atoms with E-state index in [1.165, 1.54) is 24.0 Å². The number of hydrogen-bond acceptors (Lipinski definition) is 2. The zero-order chi connectivity index (χ0) is 12.1. The van der Waals surface area contributed by atoms with Gasteiger partial charge in [0.25, 0.3) is 0 Å². The third kappa shape index (κ3) is 4.30. The number of halogens is 1. The summed E-state index contributed by atoms with van der Waals surface area (Å²) in [5.41, 5.74) is 2.71. The molecule has 0 bridgehead atoms. The van der Waals surface area contributed by atoms with E-state index in [2.05, 4.69) is 17.4 Å². The highest BCUT2D eigenvalue weighted by Gasteiger charge is 2.19. The van der Waals surface area contributed by atoms with Crippen LogP contribution in [-0.2, 0) is 17.6 Å². The van der Waals surface area contributed by atoms with Crippen molar-refractivity contribution >= 4 is 11.6 Å². The highest BCUT2D eigenvalue weighted by Crippen LogP contribution is 2.20. The molecule has 0 amide bonds. The maximum absolute atomic E-state index is 6.05. The molecule has 2 nitrogen and oxygen atoms in total. The summed E-state index contributed by atoms with van der Waals surface area (Å²) in [5.74, 6) is 0. The smallest absolute Gasteiger partial charge is 0.0502 e. The molecule has 1 saturated carbocycles. The molecule has 1 aromatic rings. The normalized spacial score (nSPS) is 15.2. The van der Waals surface area contributed by atoms with Crippen molar-refractivity contribution in [2.45, 2.75) is 31.7 Å². The standard InChI is InChI=1S/C14H20ClNO/c1-17-9-7-11-2-3-13(15)10-12(11)6-8-16-14-4-5-14/h2-3,10,14,16H,4-9H2,1H3. The van der Waals surface area contributed by atoms with E-state index < -0.39 is 0 Å². The SMILES string of the molecule is COCCc1ccc(Cl)cc1CCNC1CC1. The van der Waals surface area contributed by atoms with E-state index in [0.717, 1.165) is 37.1 Å². The summed E-state index contributed by atoms with van der Waals surface area (Å²) < 4.78 is 5.14. The second-order valence-corrected chi connectivity index (χ2v) is 5.07. The second kappa shape index (κ2) is 6.39. The average Bonchev–Trinajstić information content (AvgIpc) is 3.12. The summed E-state index contributed by atoms with van der Waals surface area (Å²) in [7, 11) is 1.74. The van der Waals surface area contributed by atoms with Gasteiger partial charge < -0.3 is 10.1 Å². The van der Waals surface area contributed by atoms with Gasteiger partial charge >= 0.3 is 0 Å². The summed E-state index contributed by atoms with van der Waals surface area (Å²) in [4.78, 5) is 0. The van der Waals surface area contributed by atoms with E-state index in [1.54, 1.807) is 7.11 Å². The van der Waals surface area contributed by atoms with Crippen LogP contribution in [0.3, 0.4) is 0 Å². The largest absolute Gasteiger partial charge is 0.384 e. The fourth-order valence-electron chi connectivity index (χ4n) is 1.98. The first-order chi connectivity index (χ1) is 8.29. The summed E-state index contributed by atoms with van der Waals surface area (Å²) in [6.07, 6.45) is 4.70. The molecule has 1 N–H and O–H groups in total. The highest BCUT2D eigenvalue weighted by molar-refractivity contribution is 6.30. The fraction of sp³-hybridized carbons (Fsp3) is 0.571. The van der Waals surface area contributed by atoms with Crippen LogP contribution in [0.5, 0.6) is 0 Å². The van der Waals surface area contributed by atoms with Crippen molar-refractivity contribution in [3.05, 3.63) is 34.3 Å². The lowest BCUT2D eigenvalue weighted by molar-refractivity contribution is 0.202. The van der Waals surface area contributed by atoms with Crippen molar-refractivity contribution in [2.75, 3.05) is 20.3 Å². The first-order valence-corrected chi connectivity index (χ1v) is 6.67. The number of methoxy groups -OCH3 is 1. The highest BCUT2D eigenvalue weighted by atomic mass is 35.5. The topological polar surface area (TPSA) is 21.3 Å². The van der Waals surface area contributed by atoms with Gasteiger partial charge in [-0.25, -0.2) is 0 Å². The van der Waals surface area contributed by atoms with Gasteiger partial charge in [-0.05, 0) is 55.5 Å². The number of hydrogen-bond donors (Lipinski definition) is 1. The number of ether oxygens (including phenoxy) is 1. The predicted octanol–water partition coefficient (Wildman–Crippen LogP) is 2.82. The molecule has 0 spiro atoms. The summed E-state index contributed by atoms with van der Waals surface area (Å²) in [6.45, 7) is 1.82. The van der Waals surface area contributed by atoms with Gasteiger partial charge in [0.2, 0.25) is 0 Å². The molecule has 0 atom stereocenters. The number of nitrogens with one attached hydrogen (secondary N) is 1. The molecule has 0 aliphatic heterocycles. The molecule has 0 saturated heterocycles. The van der Waals surface area contributed by atoms with Gasteiger partial charge in [0.1, 0.15) is 0 Å². The minimum atomic E-state index is 0.769. The minimum Gasteiger partial charge on any atom is -0.384 e. The molecule has 2 rings (SSSR count). The van der Waals surface area contributed by atoms with Crippen molar-refractivity contribution in [2.24, 2.45) is 0 Å².